The third-order valence-corrected chi connectivity index (χ3v) is 4.89. The van der Waals surface area contributed by atoms with Crippen molar-refractivity contribution in [1.29, 1.82) is 0 Å². The van der Waals surface area contributed by atoms with Gasteiger partial charge in [-0.25, -0.2) is 0 Å². The van der Waals surface area contributed by atoms with E-state index in [-0.39, 0.29) is 5.78 Å². The van der Waals surface area contributed by atoms with Crippen LogP contribution in [0.15, 0.2) is 0 Å². The van der Waals surface area contributed by atoms with Gasteiger partial charge in [0, 0.05) is 32.7 Å². The van der Waals surface area contributed by atoms with Gasteiger partial charge in [0.1, 0.15) is 0 Å². The van der Waals surface area contributed by atoms with Crippen LogP contribution in [0.3, 0.4) is 0 Å². The quantitative estimate of drug-likeness (QED) is 0.781. The number of likely N-dealkylation sites (N-methyl/N-ethyl adjacent to an activating group) is 1. The molecule has 0 bridgehead atoms. The van der Waals surface area contributed by atoms with Crippen molar-refractivity contribution in [2.24, 2.45) is 0 Å². The number of nitrogens with zero attached hydrogens (tertiary/aromatic N) is 1. The molecule has 5 heteroatoms. The van der Waals surface area contributed by atoms with Crippen molar-refractivity contribution in [1.82, 2.24) is 0 Å². The van der Waals surface area contributed by atoms with Gasteiger partial charge in [0.2, 0.25) is 0 Å². The number of thiophene rings is 1. The number of anilines is 2. The Morgan fingerprint density at radius 2 is 2.21 bits per heavy atom. The van der Waals surface area contributed by atoms with Crippen LogP contribution in [0.1, 0.15) is 47.8 Å². The van der Waals surface area contributed by atoms with Crippen molar-refractivity contribution in [3.8, 4) is 0 Å². The van der Waals surface area contributed by atoms with E-state index in [0.717, 1.165) is 13.1 Å². The SMILES string of the molecule is CCN(CCOC)c1sc(C(C)=O)c(N)c1C1CC1. The van der Waals surface area contributed by atoms with Gasteiger partial charge in [0.25, 0.3) is 0 Å². The van der Waals surface area contributed by atoms with E-state index in [9.17, 15) is 4.79 Å². The van der Waals surface area contributed by atoms with Gasteiger partial charge < -0.3 is 15.4 Å². The third kappa shape index (κ3) is 2.92. The molecule has 0 spiro atoms. The summed E-state index contributed by atoms with van der Waals surface area (Å²) in [5, 5.41) is 1.17. The highest BCUT2D eigenvalue weighted by Crippen LogP contribution is 2.52. The maximum absolute atomic E-state index is 11.7. The second-order valence-corrected chi connectivity index (χ2v) is 5.97. The number of rotatable bonds is 7. The van der Waals surface area contributed by atoms with Crippen LogP contribution >= 0.6 is 11.3 Å². The lowest BCUT2D eigenvalue weighted by Gasteiger charge is -2.22. The summed E-state index contributed by atoms with van der Waals surface area (Å²) in [6, 6.07) is 0. The van der Waals surface area contributed by atoms with Crippen molar-refractivity contribution >= 4 is 27.8 Å². The normalized spacial score (nSPS) is 14.7. The second kappa shape index (κ2) is 5.92. The van der Waals surface area contributed by atoms with E-state index in [1.54, 1.807) is 25.4 Å². The number of nitrogens with two attached hydrogens (primary N) is 1. The minimum Gasteiger partial charge on any atom is -0.397 e. The Hall–Kier alpha value is -1.07. The van der Waals surface area contributed by atoms with Gasteiger partial charge in [-0.15, -0.1) is 11.3 Å². The maximum Gasteiger partial charge on any atom is 0.171 e. The molecule has 0 atom stereocenters. The summed E-state index contributed by atoms with van der Waals surface area (Å²) in [7, 11) is 1.71. The van der Waals surface area contributed by atoms with Crippen LogP contribution in [0.4, 0.5) is 10.7 Å². The molecule has 1 saturated carbocycles. The van der Waals surface area contributed by atoms with Crippen LogP contribution in [-0.2, 0) is 4.74 Å². The van der Waals surface area contributed by atoms with Gasteiger partial charge in [-0.3, -0.25) is 4.79 Å². The lowest BCUT2D eigenvalue weighted by molar-refractivity contribution is 0.102. The minimum absolute atomic E-state index is 0.0680. The summed E-state index contributed by atoms with van der Waals surface area (Å²) in [5.74, 6) is 0.620. The molecule has 0 aliphatic heterocycles. The zero-order valence-corrected chi connectivity index (χ0v) is 12.7. The first-order valence-corrected chi connectivity index (χ1v) is 7.58. The summed E-state index contributed by atoms with van der Waals surface area (Å²) in [6.07, 6.45) is 2.38. The first kappa shape index (κ1) is 14.3. The molecule has 0 amide bonds. The van der Waals surface area contributed by atoms with Crippen molar-refractivity contribution in [3.63, 3.8) is 0 Å². The van der Waals surface area contributed by atoms with Crippen molar-refractivity contribution < 1.29 is 9.53 Å². The zero-order valence-electron chi connectivity index (χ0n) is 11.9. The highest BCUT2D eigenvalue weighted by molar-refractivity contribution is 7.18. The fourth-order valence-corrected chi connectivity index (χ4v) is 3.60. The fraction of sp³-hybridized carbons (Fsp3) is 0.643. The lowest BCUT2D eigenvalue weighted by Crippen LogP contribution is -2.26. The number of Topliss-reactive ketones (excluding diaryl/α,β-unsaturated/α-hetero) is 1. The number of methoxy groups -OCH3 is 1. The highest BCUT2D eigenvalue weighted by Gasteiger charge is 2.33. The molecule has 0 unspecified atom stereocenters. The van der Waals surface area contributed by atoms with Crippen LogP contribution in [-0.4, -0.2) is 32.6 Å². The fourth-order valence-electron chi connectivity index (χ4n) is 2.31. The summed E-state index contributed by atoms with van der Waals surface area (Å²) in [6.45, 7) is 6.14. The number of ether oxygens (including phenoxy) is 1. The van der Waals surface area contributed by atoms with Gasteiger partial charge in [-0.2, -0.15) is 0 Å². The van der Waals surface area contributed by atoms with E-state index < -0.39 is 0 Å². The molecule has 4 nitrogen and oxygen atoms in total. The number of nitrogen functional groups attached to an aromatic ring is 1. The van der Waals surface area contributed by atoms with E-state index in [4.69, 9.17) is 10.5 Å². The van der Waals surface area contributed by atoms with E-state index in [2.05, 4.69) is 11.8 Å². The Labute approximate surface area is 118 Å². The summed E-state index contributed by atoms with van der Waals surface area (Å²) < 4.78 is 5.16. The number of carbonyl (C=O) groups excluding carboxylic acids is 1. The standard InChI is InChI=1S/C14H22N2O2S/c1-4-16(7-8-18-3)14-11(10-5-6-10)12(15)13(19-14)9(2)17/h10H,4-8,15H2,1-3H3. The van der Waals surface area contributed by atoms with Crippen LogP contribution in [0.25, 0.3) is 0 Å². The maximum atomic E-state index is 11.7. The molecule has 1 aromatic rings. The number of hydrogen-bond donors (Lipinski definition) is 1. The topological polar surface area (TPSA) is 55.6 Å². The minimum atomic E-state index is 0.0680. The van der Waals surface area contributed by atoms with Crippen LogP contribution in [0.2, 0.25) is 0 Å². The number of hydrogen-bond acceptors (Lipinski definition) is 5. The molecule has 1 aliphatic carbocycles. The second-order valence-electron chi connectivity index (χ2n) is 4.97. The molecule has 2 N–H and O–H groups in total. The van der Waals surface area contributed by atoms with Gasteiger partial charge >= 0.3 is 0 Å². The van der Waals surface area contributed by atoms with Crippen LogP contribution in [0.5, 0.6) is 0 Å². The molecule has 0 radical (unpaired) electrons. The average molecular weight is 282 g/mol. The number of ketones is 1. The Bertz CT molecular complexity index is 466. The molecular formula is C14H22N2O2S. The van der Waals surface area contributed by atoms with Crippen LogP contribution in [0, 0.1) is 0 Å². The summed E-state index contributed by atoms with van der Waals surface area (Å²) >= 11 is 1.54. The third-order valence-electron chi connectivity index (χ3n) is 3.50. The Morgan fingerprint density at radius 3 is 2.68 bits per heavy atom. The summed E-state index contributed by atoms with van der Waals surface area (Å²) in [5.41, 5.74) is 8.11. The smallest absolute Gasteiger partial charge is 0.171 e. The van der Waals surface area contributed by atoms with Crippen molar-refractivity contribution in [3.05, 3.63) is 10.4 Å². The molecule has 1 heterocycles. The van der Waals surface area contributed by atoms with E-state index in [1.165, 1.54) is 23.4 Å². The van der Waals surface area contributed by atoms with Gasteiger partial charge in [0.15, 0.2) is 5.78 Å². The van der Waals surface area contributed by atoms with E-state index in [0.29, 0.717) is 23.1 Å². The molecule has 1 fully saturated rings. The Morgan fingerprint density at radius 1 is 1.53 bits per heavy atom. The molecule has 0 saturated heterocycles. The Kier molecular flexibility index (Phi) is 4.47. The first-order valence-electron chi connectivity index (χ1n) is 6.77. The molecule has 2 rings (SSSR count). The summed E-state index contributed by atoms with van der Waals surface area (Å²) in [4.78, 5) is 14.7. The highest BCUT2D eigenvalue weighted by atomic mass is 32.1. The largest absolute Gasteiger partial charge is 0.397 e. The monoisotopic (exact) mass is 282 g/mol. The molecule has 19 heavy (non-hydrogen) atoms. The van der Waals surface area contributed by atoms with Crippen molar-refractivity contribution in [2.75, 3.05) is 37.4 Å². The van der Waals surface area contributed by atoms with Crippen LogP contribution < -0.4 is 10.6 Å². The molecular weight excluding hydrogens is 260 g/mol. The number of carbonyl (C=O) groups is 1. The first-order chi connectivity index (χ1) is 9.10. The molecule has 106 valence electrons. The molecule has 0 aromatic carbocycles. The van der Waals surface area contributed by atoms with Crippen molar-refractivity contribution in [2.45, 2.75) is 32.6 Å². The zero-order chi connectivity index (χ0) is 14.0. The van der Waals surface area contributed by atoms with Gasteiger partial charge in [0.05, 0.1) is 22.2 Å². The van der Waals surface area contributed by atoms with E-state index >= 15 is 0 Å². The predicted octanol–water partition coefficient (Wildman–Crippen LogP) is 2.88. The van der Waals surface area contributed by atoms with Gasteiger partial charge in [-0.1, -0.05) is 0 Å². The van der Waals surface area contributed by atoms with E-state index in [1.807, 2.05) is 0 Å². The average Bonchev–Trinajstić information content (AvgIpc) is 3.15. The lowest BCUT2D eigenvalue weighted by atomic mass is 10.1. The predicted molar refractivity (Wildman–Crippen MR) is 80.5 cm³/mol. The molecule has 1 aliphatic rings. The molecule has 1 aromatic heterocycles. The Balaban J connectivity index is 2.36. The van der Waals surface area contributed by atoms with Gasteiger partial charge in [-0.05, 0) is 25.7 Å².